The van der Waals surface area contributed by atoms with Gasteiger partial charge >= 0.3 is 0 Å². The van der Waals surface area contributed by atoms with Gasteiger partial charge in [0.2, 0.25) is 5.78 Å². The summed E-state index contributed by atoms with van der Waals surface area (Å²) in [6.45, 7) is 0. The molecular weight excluding hydrogens is 298 g/mol. The van der Waals surface area contributed by atoms with E-state index in [1.54, 1.807) is 17.5 Å². The lowest BCUT2D eigenvalue weighted by atomic mass is 10.1. The van der Waals surface area contributed by atoms with E-state index in [0.717, 1.165) is 33.5 Å². The van der Waals surface area contributed by atoms with Crippen LogP contribution in [0, 0.1) is 0 Å². The van der Waals surface area contributed by atoms with Crippen LogP contribution < -0.4 is 0 Å². The molecule has 2 aromatic heterocycles. The first-order valence-corrected chi connectivity index (χ1v) is 8.87. The second-order valence-electron chi connectivity index (χ2n) is 5.10. The monoisotopic (exact) mass is 311 g/mol. The fraction of sp³-hybridized carbons (Fsp3) is 0.176. The molecule has 0 radical (unpaired) electrons. The van der Waals surface area contributed by atoms with Crippen LogP contribution in [-0.2, 0) is 12.2 Å². The number of pyridine rings is 1. The number of carbonyl (C=O) groups is 1. The Morgan fingerprint density at radius 2 is 2.14 bits per heavy atom. The molecule has 0 spiro atoms. The number of thiophene rings is 1. The molecule has 0 atom stereocenters. The van der Waals surface area contributed by atoms with E-state index in [9.17, 15) is 4.79 Å². The molecule has 0 bridgehead atoms. The maximum atomic E-state index is 12.7. The maximum Gasteiger partial charge on any atom is 0.202 e. The summed E-state index contributed by atoms with van der Waals surface area (Å²) in [6, 6.07) is 11.7. The number of fused-ring (bicyclic) bond motifs is 2. The Kier molecular flexibility index (Phi) is 3.28. The van der Waals surface area contributed by atoms with Gasteiger partial charge in [-0.05, 0) is 48.1 Å². The van der Waals surface area contributed by atoms with E-state index >= 15 is 0 Å². The van der Waals surface area contributed by atoms with E-state index in [1.807, 2.05) is 42.1 Å². The molecule has 0 unspecified atom stereocenters. The highest BCUT2D eigenvalue weighted by Crippen LogP contribution is 2.33. The fourth-order valence-corrected chi connectivity index (χ4v) is 4.95. The zero-order valence-electron chi connectivity index (χ0n) is 11.3. The zero-order valence-corrected chi connectivity index (χ0v) is 13.0. The summed E-state index contributed by atoms with van der Waals surface area (Å²) in [4.78, 5) is 19.2. The number of aromatic nitrogens is 1. The molecule has 0 fully saturated rings. The molecule has 3 aromatic rings. The van der Waals surface area contributed by atoms with Crippen molar-refractivity contribution in [3.8, 4) is 0 Å². The summed E-state index contributed by atoms with van der Waals surface area (Å²) in [5.74, 6) is 2.34. The molecule has 0 saturated carbocycles. The molecular formula is C17H13NOS2. The van der Waals surface area contributed by atoms with Crippen molar-refractivity contribution in [1.29, 1.82) is 0 Å². The predicted molar refractivity (Wildman–Crippen MR) is 89.4 cm³/mol. The van der Waals surface area contributed by atoms with E-state index < -0.39 is 0 Å². The lowest BCUT2D eigenvalue weighted by Gasteiger charge is -2.08. The summed E-state index contributed by atoms with van der Waals surface area (Å²) >= 11 is 3.61. The van der Waals surface area contributed by atoms with Gasteiger partial charge in [0.15, 0.2) is 0 Å². The van der Waals surface area contributed by atoms with E-state index in [4.69, 9.17) is 0 Å². The lowest BCUT2D eigenvalue weighted by Crippen LogP contribution is -1.98. The Hall–Kier alpha value is -1.65. The van der Waals surface area contributed by atoms with Gasteiger partial charge in [-0.25, -0.2) is 0 Å². The molecule has 1 aliphatic rings. The number of carbonyl (C=O) groups excluding carboxylic acids is 1. The molecule has 3 heterocycles. The molecule has 21 heavy (non-hydrogen) atoms. The van der Waals surface area contributed by atoms with Crippen LogP contribution in [0.25, 0.3) is 10.9 Å². The largest absolute Gasteiger partial charge is 0.288 e. The first-order chi connectivity index (χ1) is 10.3. The molecule has 4 heteroatoms. The summed E-state index contributed by atoms with van der Waals surface area (Å²) < 4.78 is 0. The van der Waals surface area contributed by atoms with E-state index in [0.29, 0.717) is 0 Å². The van der Waals surface area contributed by atoms with Crippen molar-refractivity contribution in [2.75, 3.05) is 5.75 Å². The third-order valence-corrected chi connectivity index (χ3v) is 5.96. The third kappa shape index (κ3) is 2.39. The van der Waals surface area contributed by atoms with Crippen LogP contribution in [0.5, 0.6) is 0 Å². The second-order valence-corrected chi connectivity index (χ2v) is 7.34. The molecule has 2 nitrogen and oxygen atoms in total. The van der Waals surface area contributed by atoms with Crippen molar-refractivity contribution in [3.63, 3.8) is 0 Å². The number of hydrogen-bond donors (Lipinski definition) is 0. The van der Waals surface area contributed by atoms with Crippen LogP contribution in [0.2, 0.25) is 0 Å². The van der Waals surface area contributed by atoms with E-state index in [2.05, 4.69) is 11.1 Å². The molecule has 0 aliphatic carbocycles. The number of nitrogens with zero attached hydrogens (tertiary/aromatic N) is 1. The minimum atomic E-state index is 0.130. The molecule has 0 amide bonds. The SMILES string of the molecule is O=C(c1ccc2ncccc2c1)c1cc2c(s1)CCSC2. The highest BCUT2D eigenvalue weighted by molar-refractivity contribution is 7.98. The Balaban J connectivity index is 1.73. The Morgan fingerprint density at radius 1 is 1.19 bits per heavy atom. The van der Waals surface area contributed by atoms with Crippen molar-refractivity contribution in [2.45, 2.75) is 12.2 Å². The van der Waals surface area contributed by atoms with Crippen molar-refractivity contribution >= 4 is 39.8 Å². The number of thioether (sulfide) groups is 1. The molecule has 104 valence electrons. The number of hydrogen-bond acceptors (Lipinski definition) is 4. The topological polar surface area (TPSA) is 30.0 Å². The number of ketones is 1. The average Bonchev–Trinajstić information content (AvgIpc) is 2.97. The molecule has 0 saturated heterocycles. The van der Waals surface area contributed by atoms with Gasteiger partial charge in [0.25, 0.3) is 0 Å². The number of benzene rings is 1. The Morgan fingerprint density at radius 3 is 3.05 bits per heavy atom. The van der Waals surface area contributed by atoms with Crippen LogP contribution in [0.1, 0.15) is 25.7 Å². The van der Waals surface area contributed by atoms with Gasteiger partial charge in [0, 0.05) is 27.8 Å². The molecule has 1 aromatic carbocycles. The first-order valence-electron chi connectivity index (χ1n) is 6.90. The van der Waals surface area contributed by atoms with Gasteiger partial charge in [-0.3, -0.25) is 9.78 Å². The van der Waals surface area contributed by atoms with Gasteiger partial charge in [-0.2, -0.15) is 11.8 Å². The van der Waals surface area contributed by atoms with Gasteiger partial charge in [-0.1, -0.05) is 6.07 Å². The van der Waals surface area contributed by atoms with Crippen molar-refractivity contribution in [1.82, 2.24) is 4.98 Å². The standard InChI is InChI=1S/C17H13NOS2/c19-17(16-9-13-10-20-7-5-15(13)21-16)12-3-4-14-11(8-12)2-1-6-18-14/h1-4,6,8-9H,5,7,10H2. The van der Waals surface area contributed by atoms with Gasteiger partial charge in [-0.15, -0.1) is 11.3 Å². The summed E-state index contributed by atoms with van der Waals surface area (Å²) in [5, 5.41) is 1.01. The average molecular weight is 311 g/mol. The molecule has 0 N–H and O–H groups in total. The van der Waals surface area contributed by atoms with Gasteiger partial charge in [0.1, 0.15) is 0 Å². The number of rotatable bonds is 2. The maximum absolute atomic E-state index is 12.7. The normalized spacial score (nSPS) is 14.1. The quantitative estimate of drug-likeness (QED) is 0.660. The van der Waals surface area contributed by atoms with Gasteiger partial charge < -0.3 is 0 Å². The van der Waals surface area contributed by atoms with Crippen LogP contribution in [-0.4, -0.2) is 16.5 Å². The van der Waals surface area contributed by atoms with Crippen LogP contribution in [0.15, 0.2) is 42.6 Å². The summed E-state index contributed by atoms with van der Waals surface area (Å²) in [7, 11) is 0. The van der Waals surface area contributed by atoms with Crippen molar-refractivity contribution in [2.24, 2.45) is 0 Å². The van der Waals surface area contributed by atoms with Crippen molar-refractivity contribution in [3.05, 3.63) is 63.5 Å². The highest BCUT2D eigenvalue weighted by atomic mass is 32.2. The second kappa shape index (κ2) is 5.28. The van der Waals surface area contributed by atoms with Crippen LogP contribution in [0.4, 0.5) is 0 Å². The van der Waals surface area contributed by atoms with E-state index in [1.165, 1.54) is 16.2 Å². The van der Waals surface area contributed by atoms with Crippen molar-refractivity contribution < 1.29 is 4.79 Å². The van der Waals surface area contributed by atoms with Crippen LogP contribution in [0.3, 0.4) is 0 Å². The zero-order chi connectivity index (χ0) is 14.2. The Bertz CT molecular complexity index is 814. The predicted octanol–water partition coefficient (Wildman–Crippen LogP) is 4.32. The van der Waals surface area contributed by atoms with Crippen LogP contribution >= 0.6 is 23.1 Å². The smallest absolute Gasteiger partial charge is 0.202 e. The lowest BCUT2D eigenvalue weighted by molar-refractivity contribution is 0.104. The minimum Gasteiger partial charge on any atom is -0.288 e. The minimum absolute atomic E-state index is 0.130. The highest BCUT2D eigenvalue weighted by Gasteiger charge is 2.18. The summed E-state index contributed by atoms with van der Waals surface area (Å²) in [5.41, 5.74) is 3.03. The Labute approximate surface area is 131 Å². The van der Waals surface area contributed by atoms with E-state index in [-0.39, 0.29) is 5.78 Å². The fourth-order valence-electron chi connectivity index (χ4n) is 2.62. The summed E-state index contributed by atoms with van der Waals surface area (Å²) in [6.07, 6.45) is 2.87. The molecule has 1 aliphatic heterocycles. The van der Waals surface area contributed by atoms with Gasteiger partial charge in [0.05, 0.1) is 10.4 Å². The number of aryl methyl sites for hydroxylation is 1. The molecule has 4 rings (SSSR count). The first kappa shape index (κ1) is 13.0. The third-order valence-electron chi connectivity index (χ3n) is 3.72.